The number of ether oxygens (including phenoxy) is 1. The predicted molar refractivity (Wildman–Crippen MR) is 152 cm³/mol. The summed E-state index contributed by atoms with van der Waals surface area (Å²) in [5.41, 5.74) is 3.64. The van der Waals surface area contributed by atoms with Crippen molar-refractivity contribution < 1.29 is 27.1 Å². The van der Waals surface area contributed by atoms with Crippen molar-refractivity contribution in [2.75, 3.05) is 44.1 Å². The van der Waals surface area contributed by atoms with Crippen LogP contribution >= 0.6 is 0 Å². The van der Waals surface area contributed by atoms with E-state index in [0.29, 0.717) is 18.0 Å². The van der Waals surface area contributed by atoms with Gasteiger partial charge in [0.2, 0.25) is 18.2 Å². The maximum atomic E-state index is 15.2. The van der Waals surface area contributed by atoms with E-state index in [4.69, 9.17) is 9.15 Å². The number of anilines is 2. The first-order valence-electron chi connectivity index (χ1n) is 13.5. The minimum Gasteiger partial charge on any atom is -0.481 e. The van der Waals surface area contributed by atoms with Crippen LogP contribution < -0.4 is 14.5 Å². The molecule has 2 aromatic heterocycles. The van der Waals surface area contributed by atoms with Crippen molar-refractivity contribution in [3.05, 3.63) is 72.0 Å². The van der Waals surface area contributed by atoms with Crippen molar-refractivity contribution in [3.63, 3.8) is 0 Å². The third-order valence-corrected chi connectivity index (χ3v) is 7.57. The third kappa shape index (κ3) is 6.23. The van der Waals surface area contributed by atoms with Gasteiger partial charge in [0, 0.05) is 42.0 Å². The molecule has 4 aromatic rings. The van der Waals surface area contributed by atoms with Crippen LogP contribution in [0.25, 0.3) is 22.6 Å². The van der Waals surface area contributed by atoms with Crippen LogP contribution in [0.15, 0.2) is 59.1 Å². The highest BCUT2D eigenvalue weighted by molar-refractivity contribution is 5.87. The standard InChI is InChI=1S/C30H31F3N6O3/c1-37-12-10-23(11-13-37)38(2)26-15-19(21-7-9-27(41-3)34-16-21)6-8-25(26)39(18-40)17-22-5-4-20(14-24(22)31)29-35-36-30(42-29)28(32)33/h4-9,14-16,18,23,28H,10-13,17H2,1-3H3. The molecule has 0 N–H and O–H groups in total. The smallest absolute Gasteiger partial charge is 0.314 e. The van der Waals surface area contributed by atoms with Crippen molar-refractivity contribution in [2.45, 2.75) is 31.9 Å². The van der Waals surface area contributed by atoms with Gasteiger partial charge in [0.15, 0.2) is 0 Å². The van der Waals surface area contributed by atoms with E-state index in [2.05, 4.69) is 32.0 Å². The van der Waals surface area contributed by atoms with E-state index in [-0.39, 0.29) is 29.6 Å². The maximum absolute atomic E-state index is 15.2. The van der Waals surface area contributed by atoms with Gasteiger partial charge in [-0.15, -0.1) is 10.2 Å². The van der Waals surface area contributed by atoms with E-state index in [0.717, 1.165) is 48.8 Å². The van der Waals surface area contributed by atoms with Crippen LogP contribution in [-0.4, -0.2) is 66.8 Å². The van der Waals surface area contributed by atoms with Gasteiger partial charge in [-0.3, -0.25) is 4.79 Å². The molecule has 9 nitrogen and oxygen atoms in total. The number of piperidine rings is 1. The zero-order valence-corrected chi connectivity index (χ0v) is 23.5. The fourth-order valence-electron chi connectivity index (χ4n) is 5.09. The molecular formula is C30H31F3N6O3. The largest absolute Gasteiger partial charge is 0.481 e. The van der Waals surface area contributed by atoms with E-state index in [9.17, 15) is 13.6 Å². The molecule has 0 unspecified atom stereocenters. The van der Waals surface area contributed by atoms with Gasteiger partial charge in [-0.25, -0.2) is 9.37 Å². The molecule has 12 heteroatoms. The van der Waals surface area contributed by atoms with Crippen molar-refractivity contribution in [2.24, 2.45) is 0 Å². The number of hydrogen-bond donors (Lipinski definition) is 0. The van der Waals surface area contributed by atoms with Gasteiger partial charge >= 0.3 is 6.43 Å². The number of carbonyl (C=O) groups is 1. The highest BCUT2D eigenvalue weighted by Crippen LogP contribution is 2.37. The monoisotopic (exact) mass is 580 g/mol. The molecule has 5 rings (SSSR count). The number of halogens is 3. The zero-order valence-electron chi connectivity index (χ0n) is 23.5. The SMILES string of the molecule is COc1ccc(-c2ccc(N(C=O)Cc3ccc(-c4nnc(C(F)F)o4)cc3F)c(N(C)C3CCN(C)CC3)c2)cn1. The van der Waals surface area contributed by atoms with Crippen molar-refractivity contribution >= 4 is 17.8 Å². The first-order valence-corrected chi connectivity index (χ1v) is 13.5. The Kier molecular flexibility index (Phi) is 8.72. The Hall–Kier alpha value is -4.45. The number of rotatable bonds is 10. The molecule has 0 atom stereocenters. The normalized spacial score (nSPS) is 14.3. The molecule has 1 aliphatic heterocycles. The average Bonchev–Trinajstić information content (AvgIpc) is 3.51. The molecule has 0 spiro atoms. The predicted octanol–water partition coefficient (Wildman–Crippen LogP) is 5.58. The number of amides is 1. The average molecular weight is 581 g/mol. The van der Waals surface area contributed by atoms with Gasteiger partial charge in [-0.1, -0.05) is 12.1 Å². The lowest BCUT2D eigenvalue weighted by molar-refractivity contribution is -0.107. The summed E-state index contributed by atoms with van der Waals surface area (Å²) < 4.78 is 51.0. The first-order chi connectivity index (χ1) is 20.3. The van der Waals surface area contributed by atoms with Gasteiger partial charge in [0.1, 0.15) is 5.82 Å². The second-order valence-corrected chi connectivity index (χ2v) is 10.2. The molecule has 1 amide bonds. The minimum absolute atomic E-state index is 0.0561. The number of pyridine rings is 1. The lowest BCUT2D eigenvalue weighted by atomic mass is 10.0. The van der Waals surface area contributed by atoms with Crippen LogP contribution in [0.1, 0.15) is 30.7 Å². The molecule has 2 aromatic carbocycles. The Balaban J connectivity index is 1.46. The Labute approximate surface area is 241 Å². The Bertz CT molecular complexity index is 1520. The van der Waals surface area contributed by atoms with E-state index in [1.54, 1.807) is 19.4 Å². The molecular weight excluding hydrogens is 549 g/mol. The Morgan fingerprint density at radius 1 is 1.05 bits per heavy atom. The molecule has 1 fully saturated rings. The molecule has 1 saturated heterocycles. The summed E-state index contributed by atoms with van der Waals surface area (Å²) in [4.78, 5) is 22.7. The molecule has 0 bridgehead atoms. The first kappa shape index (κ1) is 29.1. The summed E-state index contributed by atoms with van der Waals surface area (Å²) in [6, 6.07) is 13.8. The molecule has 42 heavy (non-hydrogen) atoms. The van der Waals surface area contributed by atoms with Crippen LogP contribution in [0.5, 0.6) is 5.88 Å². The van der Waals surface area contributed by atoms with Crippen molar-refractivity contribution in [1.82, 2.24) is 20.1 Å². The van der Waals surface area contributed by atoms with Gasteiger partial charge < -0.3 is 23.9 Å². The number of hydrogen-bond acceptors (Lipinski definition) is 8. The maximum Gasteiger partial charge on any atom is 0.314 e. The van der Waals surface area contributed by atoms with E-state index in [1.165, 1.54) is 17.0 Å². The Morgan fingerprint density at radius 2 is 1.79 bits per heavy atom. The summed E-state index contributed by atoms with van der Waals surface area (Å²) in [6.45, 7) is 1.86. The highest BCUT2D eigenvalue weighted by Gasteiger charge is 2.25. The second kappa shape index (κ2) is 12.6. The molecule has 3 heterocycles. The minimum atomic E-state index is -2.93. The van der Waals surface area contributed by atoms with E-state index >= 15 is 4.39 Å². The van der Waals surface area contributed by atoms with Crippen molar-refractivity contribution in [1.29, 1.82) is 0 Å². The third-order valence-electron chi connectivity index (χ3n) is 7.57. The van der Waals surface area contributed by atoms with Crippen LogP contribution in [0.3, 0.4) is 0 Å². The quantitative estimate of drug-likeness (QED) is 0.225. The van der Waals surface area contributed by atoms with Gasteiger partial charge in [-0.05, 0) is 68.9 Å². The summed E-state index contributed by atoms with van der Waals surface area (Å²) >= 11 is 0. The lowest BCUT2D eigenvalue weighted by Gasteiger charge is -2.38. The molecule has 220 valence electrons. The van der Waals surface area contributed by atoms with Gasteiger partial charge in [-0.2, -0.15) is 8.78 Å². The molecule has 0 radical (unpaired) electrons. The number of methoxy groups -OCH3 is 1. The lowest BCUT2D eigenvalue weighted by Crippen LogP contribution is -2.42. The van der Waals surface area contributed by atoms with Crippen LogP contribution in [0.2, 0.25) is 0 Å². The molecule has 0 aliphatic carbocycles. The number of nitrogens with zero attached hydrogens (tertiary/aromatic N) is 6. The second-order valence-electron chi connectivity index (χ2n) is 10.2. The number of benzene rings is 2. The van der Waals surface area contributed by atoms with Gasteiger partial charge in [0.05, 0.1) is 25.0 Å². The zero-order chi connectivity index (χ0) is 29.8. The van der Waals surface area contributed by atoms with E-state index < -0.39 is 18.1 Å². The van der Waals surface area contributed by atoms with Crippen LogP contribution in [-0.2, 0) is 11.3 Å². The fraction of sp³-hybridized carbons (Fsp3) is 0.333. The number of likely N-dealkylation sites (tertiary alicyclic amines) is 1. The van der Waals surface area contributed by atoms with E-state index in [1.807, 2.05) is 31.3 Å². The van der Waals surface area contributed by atoms with Crippen LogP contribution in [0, 0.1) is 5.82 Å². The van der Waals surface area contributed by atoms with Crippen molar-refractivity contribution in [3.8, 4) is 28.5 Å². The summed E-state index contributed by atoms with van der Waals surface area (Å²) in [5.74, 6) is -1.18. The summed E-state index contributed by atoms with van der Waals surface area (Å²) in [6.07, 6.45) is 1.40. The Morgan fingerprint density at radius 3 is 2.40 bits per heavy atom. The highest BCUT2D eigenvalue weighted by atomic mass is 19.3. The number of aromatic nitrogens is 3. The number of carbonyl (C=O) groups excluding carboxylic acids is 1. The van der Waals surface area contributed by atoms with Crippen LogP contribution in [0.4, 0.5) is 24.5 Å². The topological polar surface area (TPSA) is 87.8 Å². The number of alkyl halides is 2. The molecule has 0 saturated carbocycles. The molecule has 1 aliphatic rings. The fourth-order valence-corrected chi connectivity index (χ4v) is 5.09. The summed E-state index contributed by atoms with van der Waals surface area (Å²) in [7, 11) is 5.68. The summed E-state index contributed by atoms with van der Waals surface area (Å²) in [5, 5.41) is 6.87. The van der Waals surface area contributed by atoms with Gasteiger partial charge in [0.25, 0.3) is 5.89 Å².